The lowest BCUT2D eigenvalue weighted by Crippen LogP contribution is -2.68. The van der Waals surface area contributed by atoms with E-state index in [4.69, 9.17) is 0 Å². The van der Waals surface area contributed by atoms with Gasteiger partial charge in [-0.3, -0.25) is 9.59 Å². The maximum atomic E-state index is 13.8. The normalized spacial score (nSPS) is 40.9. The predicted molar refractivity (Wildman–Crippen MR) is 154 cm³/mol. The van der Waals surface area contributed by atoms with Crippen LogP contribution in [0.3, 0.4) is 0 Å². The molecule has 2 amide bonds. The molecule has 6 saturated carbocycles. The molecule has 0 spiro atoms. The van der Waals surface area contributed by atoms with Crippen molar-refractivity contribution in [2.75, 3.05) is 10.6 Å². The van der Waals surface area contributed by atoms with Gasteiger partial charge in [0.1, 0.15) is 0 Å². The SMILES string of the molecule is CC12CCC(C(=O)Nc3cccc4c(NC(=O)C56CCC(C)(C5Br)C6(C)C)cccc34)(C1Br)C2(C)C. The van der Waals surface area contributed by atoms with E-state index in [9.17, 15) is 9.59 Å². The van der Waals surface area contributed by atoms with Gasteiger partial charge in [-0.1, -0.05) is 97.7 Å². The number of hydrogen-bond donors (Lipinski definition) is 2. The molecule has 0 heterocycles. The fraction of sp³-hybridized carbons (Fsp3) is 0.600. The third-order valence-electron chi connectivity index (χ3n) is 12.4. The molecule has 2 aromatic carbocycles. The van der Waals surface area contributed by atoms with E-state index in [-0.39, 0.29) is 43.1 Å². The first-order chi connectivity index (χ1) is 16.7. The molecular formula is C30H36Br2N2O2. The van der Waals surface area contributed by atoms with Crippen LogP contribution in [0.1, 0.15) is 67.2 Å². The molecule has 0 saturated heterocycles. The van der Waals surface area contributed by atoms with Gasteiger partial charge in [-0.05, 0) is 59.5 Å². The highest BCUT2D eigenvalue weighted by atomic mass is 79.9. The molecule has 8 rings (SSSR count). The molecule has 6 unspecified atom stereocenters. The smallest absolute Gasteiger partial charge is 0.232 e. The number of fused-ring (bicyclic) bond motifs is 3. The quantitative estimate of drug-likeness (QED) is 0.344. The molecule has 2 aromatic rings. The first-order valence-electron chi connectivity index (χ1n) is 13.2. The van der Waals surface area contributed by atoms with E-state index >= 15 is 0 Å². The fourth-order valence-corrected chi connectivity index (χ4v) is 12.5. The molecule has 192 valence electrons. The maximum Gasteiger partial charge on any atom is 0.232 e. The summed E-state index contributed by atoms with van der Waals surface area (Å²) in [6, 6.07) is 11.9. The first kappa shape index (κ1) is 24.9. The molecule has 0 aromatic heterocycles. The second-order valence-electron chi connectivity index (χ2n) is 13.4. The number of anilines is 2. The van der Waals surface area contributed by atoms with Crippen molar-refractivity contribution >= 4 is 65.8 Å². The van der Waals surface area contributed by atoms with Crippen molar-refractivity contribution in [3.63, 3.8) is 0 Å². The number of rotatable bonds is 4. The largest absolute Gasteiger partial charge is 0.325 e. The number of nitrogens with one attached hydrogen (secondary N) is 2. The molecule has 4 bridgehead atoms. The second-order valence-corrected chi connectivity index (χ2v) is 15.2. The van der Waals surface area contributed by atoms with Crippen LogP contribution in [0.4, 0.5) is 11.4 Å². The number of benzene rings is 2. The lowest BCUT2D eigenvalue weighted by molar-refractivity contribution is -0.156. The molecule has 0 radical (unpaired) electrons. The average Bonchev–Trinajstić information content (AvgIpc) is 3.44. The van der Waals surface area contributed by atoms with Gasteiger partial charge < -0.3 is 10.6 Å². The molecule has 6 heteroatoms. The summed E-state index contributed by atoms with van der Waals surface area (Å²) in [7, 11) is 0. The van der Waals surface area contributed by atoms with Gasteiger partial charge in [-0.15, -0.1) is 0 Å². The number of amides is 2. The minimum absolute atomic E-state index is 0.0706. The highest BCUT2D eigenvalue weighted by Gasteiger charge is 2.81. The first-order valence-corrected chi connectivity index (χ1v) is 15.0. The van der Waals surface area contributed by atoms with E-state index in [1.807, 2.05) is 36.4 Å². The Kier molecular flexibility index (Phi) is 4.96. The zero-order valence-corrected chi connectivity index (χ0v) is 25.2. The van der Waals surface area contributed by atoms with Crippen LogP contribution >= 0.6 is 31.9 Å². The van der Waals surface area contributed by atoms with Crippen molar-refractivity contribution in [3.05, 3.63) is 36.4 Å². The van der Waals surface area contributed by atoms with E-state index in [0.29, 0.717) is 0 Å². The monoisotopic (exact) mass is 614 g/mol. The van der Waals surface area contributed by atoms with Crippen LogP contribution in [0.15, 0.2) is 36.4 Å². The van der Waals surface area contributed by atoms with Gasteiger partial charge in [-0.25, -0.2) is 0 Å². The Morgan fingerprint density at radius 2 is 1.03 bits per heavy atom. The highest BCUT2D eigenvalue weighted by molar-refractivity contribution is 9.09. The number of carbonyl (C=O) groups is 2. The third-order valence-corrected chi connectivity index (χ3v) is 16.0. The van der Waals surface area contributed by atoms with Crippen LogP contribution in [-0.2, 0) is 9.59 Å². The van der Waals surface area contributed by atoms with E-state index in [1.54, 1.807) is 0 Å². The predicted octanol–water partition coefficient (Wildman–Crippen LogP) is 7.90. The lowest BCUT2D eigenvalue weighted by atomic mass is 9.43. The Bertz CT molecular complexity index is 1240. The summed E-state index contributed by atoms with van der Waals surface area (Å²) in [4.78, 5) is 27.9. The molecule has 4 nitrogen and oxygen atoms in total. The summed E-state index contributed by atoms with van der Waals surface area (Å²) in [5, 5.41) is 8.48. The Morgan fingerprint density at radius 3 is 1.31 bits per heavy atom. The van der Waals surface area contributed by atoms with E-state index in [0.717, 1.165) is 47.8 Å². The zero-order chi connectivity index (χ0) is 26.1. The van der Waals surface area contributed by atoms with Gasteiger partial charge in [0.05, 0.1) is 10.8 Å². The van der Waals surface area contributed by atoms with Crippen molar-refractivity contribution < 1.29 is 9.59 Å². The Balaban J connectivity index is 1.31. The van der Waals surface area contributed by atoms with Crippen LogP contribution in [0.25, 0.3) is 10.8 Å². The molecular weight excluding hydrogens is 580 g/mol. The van der Waals surface area contributed by atoms with Crippen molar-refractivity contribution in [2.24, 2.45) is 32.5 Å². The van der Waals surface area contributed by atoms with Gasteiger partial charge >= 0.3 is 0 Å². The summed E-state index contributed by atoms with van der Waals surface area (Å²) in [6.45, 7) is 13.5. The summed E-state index contributed by atoms with van der Waals surface area (Å²) >= 11 is 7.78. The Labute approximate surface area is 231 Å². The zero-order valence-electron chi connectivity index (χ0n) is 22.0. The third kappa shape index (κ3) is 2.39. The highest BCUT2D eigenvalue weighted by Crippen LogP contribution is 2.81. The summed E-state index contributed by atoms with van der Waals surface area (Å²) in [5.74, 6) is 0.183. The van der Waals surface area contributed by atoms with E-state index < -0.39 is 10.8 Å². The van der Waals surface area contributed by atoms with Gasteiger partial charge in [0, 0.05) is 31.8 Å². The maximum absolute atomic E-state index is 13.8. The molecule has 6 fully saturated rings. The van der Waals surface area contributed by atoms with Crippen LogP contribution in [0, 0.1) is 32.5 Å². The van der Waals surface area contributed by atoms with Crippen molar-refractivity contribution in [2.45, 2.75) is 76.9 Å². The van der Waals surface area contributed by atoms with Gasteiger partial charge in [0.15, 0.2) is 0 Å². The van der Waals surface area contributed by atoms with Gasteiger partial charge in [-0.2, -0.15) is 0 Å². The number of halogens is 2. The second kappa shape index (κ2) is 7.16. The average molecular weight is 616 g/mol. The van der Waals surface area contributed by atoms with Crippen molar-refractivity contribution in [1.29, 1.82) is 0 Å². The minimum Gasteiger partial charge on any atom is -0.325 e. The van der Waals surface area contributed by atoms with Crippen LogP contribution in [0.5, 0.6) is 0 Å². The Hall–Kier alpha value is -1.40. The van der Waals surface area contributed by atoms with E-state index in [1.165, 1.54) is 0 Å². The summed E-state index contributed by atoms with van der Waals surface area (Å²) in [6.07, 6.45) is 3.91. The lowest BCUT2D eigenvalue weighted by Gasteiger charge is -2.64. The Morgan fingerprint density at radius 1 is 0.667 bits per heavy atom. The molecule has 2 N–H and O–H groups in total. The van der Waals surface area contributed by atoms with Crippen LogP contribution in [-0.4, -0.2) is 21.5 Å². The minimum atomic E-state index is -0.412. The standard InChI is InChI=1S/C30H36Br2N2O2/c1-25(2)27(5)13-15-29(25,21(27)31)23(35)33-19-11-7-10-18-17(19)9-8-12-20(18)34-24(36)30-16-14-28(6,22(30)32)26(30,3)4/h7-12,21-22H,13-16H2,1-6H3,(H,33,35)(H,34,36). The molecule has 0 aliphatic heterocycles. The van der Waals surface area contributed by atoms with Crippen LogP contribution < -0.4 is 10.6 Å². The number of alkyl halides is 2. The van der Waals surface area contributed by atoms with Crippen molar-refractivity contribution in [3.8, 4) is 0 Å². The van der Waals surface area contributed by atoms with Crippen molar-refractivity contribution in [1.82, 2.24) is 0 Å². The number of carbonyl (C=O) groups excluding carboxylic acids is 2. The van der Waals surface area contributed by atoms with Crippen LogP contribution in [0.2, 0.25) is 0 Å². The molecule has 6 aliphatic rings. The van der Waals surface area contributed by atoms with Gasteiger partial charge in [0.2, 0.25) is 11.8 Å². The summed E-state index contributed by atoms with van der Waals surface area (Å²) < 4.78 is 0. The fourth-order valence-electron chi connectivity index (χ4n) is 8.91. The van der Waals surface area contributed by atoms with Gasteiger partial charge in [0.25, 0.3) is 0 Å². The summed E-state index contributed by atoms with van der Waals surface area (Å²) in [5.41, 5.74) is 0.908. The van der Waals surface area contributed by atoms with E-state index in [2.05, 4.69) is 84.0 Å². The molecule has 36 heavy (non-hydrogen) atoms. The topological polar surface area (TPSA) is 58.2 Å². The molecule has 6 atom stereocenters. The number of hydrogen-bond acceptors (Lipinski definition) is 2. The molecule has 6 aliphatic carbocycles.